The van der Waals surface area contributed by atoms with E-state index in [-0.39, 0.29) is 23.1 Å². The first-order valence-electron chi connectivity index (χ1n) is 8.44. The number of likely N-dealkylation sites (tertiary alicyclic amines) is 1. The molecule has 2 rings (SSSR count). The third-order valence-corrected chi connectivity index (χ3v) is 5.88. The molecule has 1 atom stereocenters. The summed E-state index contributed by atoms with van der Waals surface area (Å²) >= 11 is 0. The Morgan fingerprint density at radius 3 is 2.56 bits per heavy atom. The topological polar surface area (TPSA) is 104 Å². The van der Waals surface area contributed by atoms with Crippen molar-refractivity contribution in [3.05, 3.63) is 29.8 Å². The smallest absolute Gasteiger partial charge is 0.303 e. The molecule has 0 radical (unpaired) electrons. The van der Waals surface area contributed by atoms with E-state index in [0.29, 0.717) is 31.6 Å². The summed E-state index contributed by atoms with van der Waals surface area (Å²) in [5, 5.41) is 8.79. The fraction of sp³-hybridized carbons (Fsp3) is 0.529. The van der Waals surface area contributed by atoms with E-state index < -0.39 is 16.0 Å². The van der Waals surface area contributed by atoms with Gasteiger partial charge < -0.3 is 10.0 Å². The Hall–Kier alpha value is -1.93. The van der Waals surface area contributed by atoms with E-state index in [1.54, 1.807) is 11.8 Å². The highest BCUT2D eigenvalue weighted by atomic mass is 32.2. The summed E-state index contributed by atoms with van der Waals surface area (Å²) in [7, 11) is -3.53. The zero-order valence-corrected chi connectivity index (χ0v) is 15.1. The van der Waals surface area contributed by atoms with Crippen LogP contribution in [0.4, 0.5) is 0 Å². The molecular formula is C17H24N2O5S. The van der Waals surface area contributed by atoms with Crippen LogP contribution in [0.1, 0.15) is 43.0 Å². The summed E-state index contributed by atoms with van der Waals surface area (Å²) in [6.45, 7) is 3.19. The van der Waals surface area contributed by atoms with Crippen molar-refractivity contribution in [2.75, 3.05) is 19.6 Å². The van der Waals surface area contributed by atoms with Crippen molar-refractivity contribution in [3.8, 4) is 0 Å². The molecule has 0 aromatic heterocycles. The molecule has 2 N–H and O–H groups in total. The summed E-state index contributed by atoms with van der Waals surface area (Å²) in [5.41, 5.74) is 0.439. The minimum absolute atomic E-state index is 0.115. The first-order valence-corrected chi connectivity index (χ1v) is 9.92. The summed E-state index contributed by atoms with van der Waals surface area (Å²) in [5.74, 6) is -0.768. The average molecular weight is 368 g/mol. The molecule has 1 saturated heterocycles. The van der Waals surface area contributed by atoms with Gasteiger partial charge in [-0.05, 0) is 49.4 Å². The number of carbonyl (C=O) groups excluding carboxylic acids is 1. The van der Waals surface area contributed by atoms with Gasteiger partial charge in [0.15, 0.2) is 0 Å². The Balaban J connectivity index is 2.03. The number of amides is 1. The van der Waals surface area contributed by atoms with Gasteiger partial charge in [0.1, 0.15) is 0 Å². The fourth-order valence-corrected chi connectivity index (χ4v) is 4.09. The molecule has 1 fully saturated rings. The second-order valence-corrected chi connectivity index (χ2v) is 7.98. The molecule has 1 aromatic rings. The van der Waals surface area contributed by atoms with E-state index in [1.807, 2.05) is 0 Å². The van der Waals surface area contributed by atoms with Gasteiger partial charge in [0, 0.05) is 31.6 Å². The lowest BCUT2D eigenvalue weighted by Gasteiger charge is -2.32. The second-order valence-electron chi connectivity index (χ2n) is 6.22. The van der Waals surface area contributed by atoms with Crippen molar-refractivity contribution in [2.45, 2.75) is 37.5 Å². The van der Waals surface area contributed by atoms with Crippen molar-refractivity contribution in [2.24, 2.45) is 5.92 Å². The molecule has 1 amide bonds. The van der Waals surface area contributed by atoms with Gasteiger partial charge in [-0.3, -0.25) is 9.59 Å². The van der Waals surface area contributed by atoms with E-state index in [4.69, 9.17) is 5.11 Å². The maximum absolute atomic E-state index is 12.6. The number of hydrogen-bond donors (Lipinski definition) is 2. The SMILES string of the molecule is CCNS(=O)(=O)c1ccc(C(=O)N2CCCC(CCC(=O)O)C2)cc1. The summed E-state index contributed by atoms with van der Waals surface area (Å²) in [4.78, 5) is 25.2. The lowest BCUT2D eigenvalue weighted by Crippen LogP contribution is -2.40. The van der Waals surface area contributed by atoms with Crippen molar-refractivity contribution < 1.29 is 23.1 Å². The van der Waals surface area contributed by atoms with Gasteiger partial charge in [0.05, 0.1) is 4.90 Å². The van der Waals surface area contributed by atoms with Crippen LogP contribution in [-0.2, 0) is 14.8 Å². The zero-order chi connectivity index (χ0) is 18.4. The van der Waals surface area contributed by atoms with Gasteiger partial charge in [0.2, 0.25) is 10.0 Å². The molecule has 25 heavy (non-hydrogen) atoms. The second kappa shape index (κ2) is 8.44. The highest BCUT2D eigenvalue weighted by Gasteiger charge is 2.25. The maximum Gasteiger partial charge on any atom is 0.303 e. The van der Waals surface area contributed by atoms with Crippen molar-refractivity contribution in [3.63, 3.8) is 0 Å². The normalized spacial score (nSPS) is 18.1. The molecule has 0 saturated carbocycles. The molecule has 8 heteroatoms. The summed E-state index contributed by atoms with van der Waals surface area (Å²) in [6.07, 6.45) is 2.46. The minimum atomic E-state index is -3.53. The van der Waals surface area contributed by atoms with Crippen LogP contribution in [0.2, 0.25) is 0 Å². The third kappa shape index (κ3) is 5.27. The summed E-state index contributed by atoms with van der Waals surface area (Å²) < 4.78 is 26.3. The number of aliphatic carboxylic acids is 1. The first-order chi connectivity index (χ1) is 11.8. The van der Waals surface area contributed by atoms with E-state index in [9.17, 15) is 18.0 Å². The van der Waals surface area contributed by atoms with Gasteiger partial charge in [-0.1, -0.05) is 6.92 Å². The number of carbonyl (C=O) groups is 2. The highest BCUT2D eigenvalue weighted by molar-refractivity contribution is 7.89. The quantitative estimate of drug-likeness (QED) is 0.762. The molecular weight excluding hydrogens is 344 g/mol. The Morgan fingerprint density at radius 2 is 1.96 bits per heavy atom. The van der Waals surface area contributed by atoms with Crippen molar-refractivity contribution in [1.29, 1.82) is 0 Å². The number of piperidine rings is 1. The minimum Gasteiger partial charge on any atom is -0.481 e. The van der Waals surface area contributed by atoms with E-state index >= 15 is 0 Å². The number of hydrogen-bond acceptors (Lipinski definition) is 4. The highest BCUT2D eigenvalue weighted by Crippen LogP contribution is 2.23. The first kappa shape index (κ1) is 19.4. The molecule has 0 spiro atoms. The van der Waals surface area contributed by atoms with Gasteiger partial charge >= 0.3 is 5.97 Å². The van der Waals surface area contributed by atoms with Crippen LogP contribution in [-0.4, -0.2) is 49.9 Å². The van der Waals surface area contributed by atoms with Crippen LogP contribution >= 0.6 is 0 Å². The van der Waals surface area contributed by atoms with Crippen LogP contribution in [0.15, 0.2) is 29.2 Å². The van der Waals surface area contributed by atoms with Crippen LogP contribution in [0.3, 0.4) is 0 Å². The molecule has 1 aliphatic heterocycles. The molecule has 1 aromatic carbocycles. The zero-order valence-electron chi connectivity index (χ0n) is 14.3. The number of rotatable bonds is 7. The van der Waals surface area contributed by atoms with Crippen LogP contribution < -0.4 is 4.72 Å². The lowest BCUT2D eigenvalue weighted by atomic mass is 9.93. The average Bonchev–Trinajstić information content (AvgIpc) is 2.59. The molecule has 0 aliphatic carbocycles. The number of nitrogens with one attached hydrogen (secondary N) is 1. The Labute approximate surface area is 148 Å². The lowest BCUT2D eigenvalue weighted by molar-refractivity contribution is -0.137. The van der Waals surface area contributed by atoms with E-state index in [1.165, 1.54) is 24.3 Å². The largest absolute Gasteiger partial charge is 0.481 e. The molecule has 0 bridgehead atoms. The van der Waals surface area contributed by atoms with Crippen LogP contribution in [0.25, 0.3) is 0 Å². The Bertz CT molecular complexity index is 715. The van der Waals surface area contributed by atoms with Gasteiger partial charge in [-0.25, -0.2) is 13.1 Å². The Kier molecular flexibility index (Phi) is 6.55. The van der Waals surface area contributed by atoms with Gasteiger partial charge in [0.25, 0.3) is 5.91 Å². The molecule has 1 unspecified atom stereocenters. The molecule has 1 aliphatic rings. The standard InChI is InChI=1S/C17H24N2O5S/c1-2-18-25(23,24)15-8-6-14(7-9-15)17(22)19-11-3-4-13(12-19)5-10-16(20)21/h6-9,13,18H,2-5,10-12H2,1H3,(H,20,21). The molecule has 138 valence electrons. The van der Waals surface area contributed by atoms with Crippen LogP contribution in [0.5, 0.6) is 0 Å². The molecule has 1 heterocycles. The number of nitrogens with zero attached hydrogens (tertiary/aromatic N) is 1. The predicted octanol–water partition coefficient (Wildman–Crippen LogP) is 1.70. The monoisotopic (exact) mass is 368 g/mol. The van der Waals surface area contributed by atoms with E-state index in [0.717, 1.165) is 12.8 Å². The van der Waals surface area contributed by atoms with E-state index in [2.05, 4.69) is 4.72 Å². The van der Waals surface area contributed by atoms with Crippen molar-refractivity contribution in [1.82, 2.24) is 9.62 Å². The maximum atomic E-state index is 12.6. The molecule has 7 nitrogen and oxygen atoms in total. The van der Waals surface area contributed by atoms with Gasteiger partial charge in [-0.15, -0.1) is 0 Å². The number of benzene rings is 1. The van der Waals surface area contributed by atoms with Crippen LogP contribution in [0, 0.1) is 5.92 Å². The summed E-state index contributed by atoms with van der Waals surface area (Å²) in [6, 6.07) is 5.90. The number of carboxylic acids is 1. The van der Waals surface area contributed by atoms with Gasteiger partial charge in [-0.2, -0.15) is 0 Å². The predicted molar refractivity (Wildman–Crippen MR) is 92.8 cm³/mol. The fourth-order valence-electron chi connectivity index (χ4n) is 3.05. The van der Waals surface area contributed by atoms with Crippen molar-refractivity contribution >= 4 is 21.9 Å². The third-order valence-electron chi connectivity index (χ3n) is 4.32. The number of sulfonamides is 1. The Morgan fingerprint density at radius 1 is 1.28 bits per heavy atom. The number of carboxylic acid groups (broad SMARTS) is 1.